The third kappa shape index (κ3) is 5.95. The SMILES string of the molecule is O=C(Cc1ccccc1)NCCCc1nnc(S(=O)(=O)Cc2ccccc2F)o1. The Kier molecular flexibility index (Phi) is 6.71. The summed E-state index contributed by atoms with van der Waals surface area (Å²) in [5, 5.41) is 9.55. The topological polar surface area (TPSA) is 102 Å². The number of carbonyl (C=O) groups is 1. The molecule has 0 spiro atoms. The molecule has 9 heteroatoms. The Morgan fingerprint density at radius 1 is 1.03 bits per heavy atom. The van der Waals surface area contributed by atoms with Crippen LogP contribution in [0.3, 0.4) is 0 Å². The van der Waals surface area contributed by atoms with E-state index in [1.54, 1.807) is 6.07 Å². The van der Waals surface area contributed by atoms with Gasteiger partial charge in [0, 0.05) is 18.5 Å². The summed E-state index contributed by atoms with van der Waals surface area (Å²) >= 11 is 0. The Bertz CT molecular complexity index is 1070. The highest BCUT2D eigenvalue weighted by atomic mass is 32.2. The van der Waals surface area contributed by atoms with Gasteiger partial charge in [-0.15, -0.1) is 5.10 Å². The standard InChI is InChI=1S/C20H20FN3O4S/c21-17-10-5-4-9-16(17)14-29(26,27)20-24-23-19(28-20)11-6-12-22-18(25)13-15-7-2-1-3-8-15/h1-5,7-10H,6,11-14H2,(H,22,25). The van der Waals surface area contributed by atoms with E-state index < -0.39 is 26.6 Å². The fourth-order valence-corrected chi connectivity index (χ4v) is 3.81. The normalized spacial score (nSPS) is 11.3. The van der Waals surface area contributed by atoms with Crippen LogP contribution in [0, 0.1) is 5.82 Å². The number of nitrogens with one attached hydrogen (secondary N) is 1. The van der Waals surface area contributed by atoms with Crippen LogP contribution in [0.4, 0.5) is 4.39 Å². The monoisotopic (exact) mass is 417 g/mol. The average molecular weight is 417 g/mol. The summed E-state index contributed by atoms with van der Waals surface area (Å²) in [5.41, 5.74) is 0.958. The smallest absolute Gasteiger partial charge is 0.335 e. The van der Waals surface area contributed by atoms with Gasteiger partial charge in [0.05, 0.1) is 12.2 Å². The number of aryl methyl sites for hydroxylation is 1. The molecule has 0 fully saturated rings. The minimum Gasteiger partial charge on any atom is -0.413 e. The maximum absolute atomic E-state index is 13.7. The van der Waals surface area contributed by atoms with Gasteiger partial charge in [0.25, 0.3) is 0 Å². The largest absolute Gasteiger partial charge is 0.413 e. The Morgan fingerprint density at radius 2 is 1.76 bits per heavy atom. The molecule has 0 saturated heterocycles. The summed E-state index contributed by atoms with van der Waals surface area (Å²) in [6.45, 7) is 0.394. The van der Waals surface area contributed by atoms with E-state index in [0.29, 0.717) is 25.8 Å². The summed E-state index contributed by atoms with van der Waals surface area (Å²) < 4.78 is 43.6. The van der Waals surface area contributed by atoms with Crippen molar-refractivity contribution < 1.29 is 22.0 Å². The summed E-state index contributed by atoms with van der Waals surface area (Å²) in [4.78, 5) is 11.9. The maximum Gasteiger partial charge on any atom is 0.335 e. The van der Waals surface area contributed by atoms with Gasteiger partial charge in [-0.1, -0.05) is 53.6 Å². The molecule has 2 aromatic carbocycles. The number of amides is 1. The molecular formula is C20H20FN3O4S. The number of nitrogens with zero attached hydrogens (tertiary/aromatic N) is 2. The minimum absolute atomic E-state index is 0.0355. The second-order valence-corrected chi connectivity index (χ2v) is 8.30. The predicted molar refractivity (Wildman–Crippen MR) is 103 cm³/mol. The summed E-state index contributed by atoms with van der Waals surface area (Å²) in [7, 11) is -3.94. The highest BCUT2D eigenvalue weighted by Gasteiger charge is 2.24. The molecule has 0 radical (unpaired) electrons. The third-order valence-electron chi connectivity index (χ3n) is 4.11. The van der Waals surface area contributed by atoms with E-state index in [4.69, 9.17) is 4.42 Å². The van der Waals surface area contributed by atoms with E-state index in [9.17, 15) is 17.6 Å². The van der Waals surface area contributed by atoms with Crippen LogP contribution in [0.1, 0.15) is 23.4 Å². The van der Waals surface area contributed by atoms with Gasteiger partial charge in [-0.25, -0.2) is 12.8 Å². The Hall–Kier alpha value is -3.07. The first-order valence-corrected chi connectivity index (χ1v) is 10.7. The van der Waals surface area contributed by atoms with Crippen LogP contribution in [0.15, 0.2) is 64.2 Å². The van der Waals surface area contributed by atoms with Gasteiger partial charge >= 0.3 is 5.22 Å². The van der Waals surface area contributed by atoms with Crippen molar-refractivity contribution in [3.05, 3.63) is 77.4 Å². The number of carbonyl (C=O) groups excluding carboxylic acids is 1. The van der Waals surface area contributed by atoms with Crippen molar-refractivity contribution in [3.8, 4) is 0 Å². The van der Waals surface area contributed by atoms with Gasteiger partial charge in [-0.05, 0) is 18.1 Å². The first kappa shape index (κ1) is 20.7. The van der Waals surface area contributed by atoms with Crippen molar-refractivity contribution >= 4 is 15.7 Å². The van der Waals surface area contributed by atoms with E-state index in [2.05, 4.69) is 15.5 Å². The van der Waals surface area contributed by atoms with Crippen LogP contribution < -0.4 is 5.32 Å². The fourth-order valence-electron chi connectivity index (χ4n) is 2.66. The van der Waals surface area contributed by atoms with Gasteiger partial charge < -0.3 is 9.73 Å². The lowest BCUT2D eigenvalue weighted by Crippen LogP contribution is -2.26. The number of hydrogen-bond acceptors (Lipinski definition) is 6. The Morgan fingerprint density at radius 3 is 2.52 bits per heavy atom. The predicted octanol–water partition coefficient (Wildman–Crippen LogP) is 2.47. The van der Waals surface area contributed by atoms with E-state index in [1.165, 1.54) is 18.2 Å². The van der Waals surface area contributed by atoms with Crippen LogP contribution in [0.2, 0.25) is 0 Å². The number of rotatable bonds is 9. The van der Waals surface area contributed by atoms with Gasteiger partial charge in [0.2, 0.25) is 21.6 Å². The first-order chi connectivity index (χ1) is 13.9. The zero-order chi connectivity index (χ0) is 20.7. The Balaban J connectivity index is 1.47. The number of sulfone groups is 1. The van der Waals surface area contributed by atoms with Crippen molar-refractivity contribution in [2.45, 2.75) is 30.2 Å². The van der Waals surface area contributed by atoms with E-state index in [-0.39, 0.29) is 17.4 Å². The van der Waals surface area contributed by atoms with Crippen molar-refractivity contribution in [1.29, 1.82) is 0 Å². The molecule has 1 aromatic heterocycles. The second-order valence-electron chi connectivity index (χ2n) is 6.43. The molecular weight excluding hydrogens is 397 g/mol. The quantitative estimate of drug-likeness (QED) is 0.537. The lowest BCUT2D eigenvalue weighted by Gasteiger charge is -2.04. The van der Waals surface area contributed by atoms with Crippen molar-refractivity contribution in [2.75, 3.05) is 6.54 Å². The van der Waals surface area contributed by atoms with E-state index in [1.807, 2.05) is 30.3 Å². The molecule has 29 heavy (non-hydrogen) atoms. The molecule has 0 saturated carbocycles. The van der Waals surface area contributed by atoms with Crippen LogP contribution in [-0.4, -0.2) is 31.1 Å². The molecule has 1 amide bonds. The average Bonchev–Trinajstić information content (AvgIpc) is 3.18. The van der Waals surface area contributed by atoms with Gasteiger partial charge in [0.1, 0.15) is 5.82 Å². The molecule has 0 bridgehead atoms. The van der Waals surface area contributed by atoms with Gasteiger partial charge in [-0.2, -0.15) is 0 Å². The van der Waals surface area contributed by atoms with Crippen molar-refractivity contribution in [1.82, 2.24) is 15.5 Å². The second kappa shape index (κ2) is 9.42. The number of aromatic nitrogens is 2. The van der Waals surface area contributed by atoms with E-state index >= 15 is 0 Å². The highest BCUT2D eigenvalue weighted by molar-refractivity contribution is 7.90. The lowest BCUT2D eigenvalue weighted by molar-refractivity contribution is -0.120. The molecule has 7 nitrogen and oxygen atoms in total. The van der Waals surface area contributed by atoms with Crippen molar-refractivity contribution in [2.24, 2.45) is 0 Å². The zero-order valence-electron chi connectivity index (χ0n) is 15.5. The number of benzene rings is 2. The Labute approximate surface area is 167 Å². The molecule has 0 unspecified atom stereocenters. The van der Waals surface area contributed by atoms with Crippen molar-refractivity contribution in [3.63, 3.8) is 0 Å². The molecule has 1 heterocycles. The fraction of sp³-hybridized carbons (Fsp3) is 0.250. The van der Waals surface area contributed by atoms with Crippen LogP contribution in [-0.2, 0) is 33.2 Å². The number of halogens is 1. The summed E-state index contributed by atoms with van der Waals surface area (Å²) in [6.07, 6.45) is 1.11. The molecule has 0 atom stereocenters. The lowest BCUT2D eigenvalue weighted by atomic mass is 10.1. The molecule has 0 aliphatic heterocycles. The molecule has 152 valence electrons. The summed E-state index contributed by atoms with van der Waals surface area (Å²) in [5.74, 6) is -1.12. The van der Waals surface area contributed by atoms with Crippen LogP contribution >= 0.6 is 0 Å². The van der Waals surface area contributed by atoms with Gasteiger partial charge in [-0.3, -0.25) is 4.79 Å². The summed E-state index contributed by atoms with van der Waals surface area (Å²) in [6, 6.07) is 15.0. The van der Waals surface area contributed by atoms with Gasteiger partial charge in [0.15, 0.2) is 0 Å². The molecule has 0 aliphatic rings. The van der Waals surface area contributed by atoms with Crippen LogP contribution in [0.5, 0.6) is 0 Å². The van der Waals surface area contributed by atoms with E-state index in [0.717, 1.165) is 5.56 Å². The molecule has 1 N–H and O–H groups in total. The third-order valence-corrected chi connectivity index (χ3v) is 5.50. The maximum atomic E-state index is 13.7. The number of hydrogen-bond donors (Lipinski definition) is 1. The first-order valence-electron chi connectivity index (χ1n) is 9.03. The molecule has 0 aliphatic carbocycles. The highest BCUT2D eigenvalue weighted by Crippen LogP contribution is 2.17. The zero-order valence-corrected chi connectivity index (χ0v) is 16.4. The molecule has 3 rings (SSSR count). The van der Waals surface area contributed by atoms with Crippen LogP contribution in [0.25, 0.3) is 0 Å². The minimum atomic E-state index is -3.94. The molecule has 3 aromatic rings.